The van der Waals surface area contributed by atoms with E-state index in [1.807, 2.05) is 48.8 Å². The van der Waals surface area contributed by atoms with Crippen molar-refractivity contribution < 1.29 is 0 Å². The molecule has 0 bridgehead atoms. The van der Waals surface area contributed by atoms with Gasteiger partial charge < -0.3 is 0 Å². The van der Waals surface area contributed by atoms with Crippen LogP contribution in [0.15, 0.2) is 194 Å². The Bertz CT molecular complexity index is 3000. The molecule has 4 aromatic heterocycles. The average Bonchev–Trinajstić information content (AvgIpc) is 3.86. The van der Waals surface area contributed by atoms with E-state index in [-0.39, 0.29) is 0 Å². The minimum atomic E-state index is 0.891. The van der Waals surface area contributed by atoms with Gasteiger partial charge >= 0.3 is 0 Å². The lowest BCUT2D eigenvalue weighted by Crippen LogP contribution is -2.01. The number of para-hydroxylation sites is 4. The van der Waals surface area contributed by atoms with Gasteiger partial charge in [-0.1, -0.05) is 109 Å². The molecule has 6 heteroatoms. The molecule has 4 heterocycles. The largest absolute Gasteiger partial charge is 0.292 e. The number of nitrogens with zero attached hydrogens (tertiary/aromatic N) is 6. The van der Waals surface area contributed by atoms with Crippen LogP contribution in [0.3, 0.4) is 0 Å². The van der Waals surface area contributed by atoms with Crippen molar-refractivity contribution in [2.24, 2.45) is 0 Å². The Labute approximate surface area is 322 Å². The zero-order valence-electron chi connectivity index (χ0n) is 30.2. The number of rotatable bonds is 6. The van der Waals surface area contributed by atoms with Gasteiger partial charge in [0, 0.05) is 46.0 Å². The maximum Gasteiger partial charge on any atom is 0.145 e. The summed E-state index contributed by atoms with van der Waals surface area (Å²) < 4.78 is 4.55. The Morgan fingerprint density at radius 3 is 1.18 bits per heavy atom. The zero-order chi connectivity index (χ0) is 37.0. The first kappa shape index (κ1) is 31.8. The summed E-state index contributed by atoms with van der Waals surface area (Å²) in [7, 11) is 0. The van der Waals surface area contributed by atoms with Gasteiger partial charge in [0.25, 0.3) is 0 Å². The lowest BCUT2D eigenvalue weighted by Gasteiger charge is -2.20. The zero-order valence-corrected chi connectivity index (χ0v) is 30.2. The van der Waals surface area contributed by atoms with Gasteiger partial charge in [-0.25, -0.2) is 9.97 Å². The van der Waals surface area contributed by atoms with Crippen LogP contribution in [0.2, 0.25) is 0 Å². The van der Waals surface area contributed by atoms with E-state index >= 15 is 0 Å². The van der Waals surface area contributed by atoms with Gasteiger partial charge in [0.1, 0.15) is 11.6 Å². The fraction of sp³-hybridized carbons (Fsp3) is 0. The number of benzene rings is 7. The molecule has 0 N–H and O–H groups in total. The molecule has 6 nitrogen and oxygen atoms in total. The van der Waals surface area contributed by atoms with Crippen molar-refractivity contribution in [3.63, 3.8) is 0 Å². The number of fused-ring (bicyclic) bond motifs is 4. The number of aromatic nitrogens is 6. The molecule has 11 rings (SSSR count). The van der Waals surface area contributed by atoms with Crippen LogP contribution in [-0.4, -0.2) is 29.1 Å². The number of hydrogen-bond acceptors (Lipinski definition) is 4. The third-order valence-corrected chi connectivity index (χ3v) is 10.6. The third kappa shape index (κ3) is 5.11. The van der Waals surface area contributed by atoms with Crippen molar-refractivity contribution in [2.45, 2.75) is 0 Å². The second-order valence-corrected chi connectivity index (χ2v) is 13.9. The van der Waals surface area contributed by atoms with Crippen LogP contribution in [0, 0.1) is 0 Å². The predicted molar refractivity (Wildman–Crippen MR) is 228 cm³/mol. The van der Waals surface area contributed by atoms with Gasteiger partial charge in [0.2, 0.25) is 0 Å². The lowest BCUT2D eigenvalue weighted by molar-refractivity contribution is 1.10. The molecule has 0 saturated carbocycles. The topological polar surface area (TPSA) is 61.4 Å². The van der Waals surface area contributed by atoms with Gasteiger partial charge in [0.15, 0.2) is 0 Å². The second kappa shape index (κ2) is 13.0. The molecule has 56 heavy (non-hydrogen) atoms. The van der Waals surface area contributed by atoms with E-state index in [0.29, 0.717) is 0 Å². The van der Waals surface area contributed by atoms with Crippen molar-refractivity contribution in [2.75, 3.05) is 0 Å². The van der Waals surface area contributed by atoms with Gasteiger partial charge in [-0.3, -0.25) is 19.1 Å². The van der Waals surface area contributed by atoms with Crippen LogP contribution in [0.25, 0.3) is 100 Å². The van der Waals surface area contributed by atoms with E-state index < -0.39 is 0 Å². The molecule has 0 unspecified atom stereocenters. The van der Waals surface area contributed by atoms with E-state index in [2.05, 4.69) is 155 Å². The third-order valence-electron chi connectivity index (χ3n) is 10.6. The first-order valence-electron chi connectivity index (χ1n) is 18.7. The first-order chi connectivity index (χ1) is 27.8. The highest BCUT2D eigenvalue weighted by atomic mass is 15.1. The summed E-state index contributed by atoms with van der Waals surface area (Å²) in [4.78, 5) is 20.3. The molecule has 0 amide bonds. The summed E-state index contributed by atoms with van der Waals surface area (Å²) in [5.41, 5.74) is 12.0. The number of pyridine rings is 2. The molecule has 0 fully saturated rings. The van der Waals surface area contributed by atoms with Crippen LogP contribution >= 0.6 is 0 Å². The molecule has 11 aromatic rings. The van der Waals surface area contributed by atoms with Gasteiger partial charge in [0.05, 0.1) is 33.5 Å². The molecule has 0 radical (unpaired) electrons. The summed E-state index contributed by atoms with van der Waals surface area (Å²) in [6.45, 7) is 0. The summed E-state index contributed by atoms with van der Waals surface area (Å²) in [5.74, 6) is 1.78. The Balaban J connectivity index is 1.25. The monoisotopic (exact) mass is 716 g/mol. The van der Waals surface area contributed by atoms with Crippen molar-refractivity contribution in [1.82, 2.24) is 29.1 Å². The molecule has 0 spiro atoms. The van der Waals surface area contributed by atoms with Crippen LogP contribution in [0.5, 0.6) is 0 Å². The fourth-order valence-corrected chi connectivity index (χ4v) is 8.19. The molecule has 7 aromatic carbocycles. The van der Waals surface area contributed by atoms with Crippen LogP contribution < -0.4 is 0 Å². The molecular weight excluding hydrogens is 685 g/mol. The highest BCUT2D eigenvalue weighted by Crippen LogP contribution is 2.45. The molecular formula is C50H32N6. The minimum Gasteiger partial charge on any atom is -0.292 e. The maximum atomic E-state index is 5.15. The summed E-state index contributed by atoms with van der Waals surface area (Å²) in [6, 6.07) is 63.3. The average molecular weight is 717 g/mol. The van der Waals surface area contributed by atoms with Crippen LogP contribution in [0.1, 0.15) is 0 Å². The smallest absolute Gasteiger partial charge is 0.145 e. The van der Waals surface area contributed by atoms with Crippen molar-refractivity contribution >= 4 is 43.6 Å². The number of hydrogen-bond donors (Lipinski definition) is 0. The highest BCUT2D eigenvalue weighted by molar-refractivity contribution is 6.21. The standard InChI is InChI=1S/C50H32N6/c1-3-15-33(16-4-1)49-53-41-19-7-9-23-45(41)55(49)35-25-27-37-39(31-35)47(43-21-11-13-29-51-43)38-28-26-36(32-40(38)48(37)44-22-12-14-30-52-44)56-46-24-10-8-20-42(46)54-50(56)34-17-5-2-6-18-34/h1-32H. The number of imidazole rings is 2. The van der Waals surface area contributed by atoms with Gasteiger partial charge in [-0.2, -0.15) is 0 Å². The molecule has 0 saturated heterocycles. The first-order valence-corrected chi connectivity index (χ1v) is 18.7. The normalized spacial score (nSPS) is 11.6. The quantitative estimate of drug-likeness (QED) is 0.161. The molecule has 0 aliphatic carbocycles. The van der Waals surface area contributed by atoms with E-state index in [1.165, 1.54) is 0 Å². The Kier molecular flexibility index (Phi) is 7.38. The Morgan fingerprint density at radius 1 is 0.339 bits per heavy atom. The minimum absolute atomic E-state index is 0.891. The Morgan fingerprint density at radius 2 is 0.750 bits per heavy atom. The van der Waals surface area contributed by atoms with Gasteiger partial charge in [-0.05, 0) is 94.3 Å². The summed E-state index contributed by atoms with van der Waals surface area (Å²) >= 11 is 0. The SMILES string of the molecule is c1ccc(-c2nc3ccccc3n2-c2ccc3c(-c4ccccn4)c4cc(-n5c(-c6ccccc6)nc6ccccc65)ccc4c(-c4ccccn4)c3c2)cc1. The Hall–Kier alpha value is -7.70. The fourth-order valence-electron chi connectivity index (χ4n) is 8.19. The van der Waals surface area contributed by atoms with E-state index in [1.54, 1.807) is 0 Å². The van der Waals surface area contributed by atoms with E-state index in [4.69, 9.17) is 19.9 Å². The van der Waals surface area contributed by atoms with E-state index in [0.717, 1.165) is 100 Å². The van der Waals surface area contributed by atoms with Crippen molar-refractivity contribution in [3.05, 3.63) is 194 Å². The van der Waals surface area contributed by atoms with Crippen molar-refractivity contribution in [3.8, 4) is 56.7 Å². The molecule has 0 atom stereocenters. The molecule has 0 aliphatic rings. The predicted octanol–water partition coefficient (Wildman–Crippen LogP) is 12.1. The maximum absolute atomic E-state index is 5.15. The summed E-state index contributed by atoms with van der Waals surface area (Å²) in [5, 5.41) is 4.33. The van der Waals surface area contributed by atoms with Crippen LogP contribution in [-0.2, 0) is 0 Å². The highest BCUT2D eigenvalue weighted by Gasteiger charge is 2.22. The second-order valence-electron chi connectivity index (χ2n) is 13.9. The lowest BCUT2D eigenvalue weighted by atomic mass is 9.88. The van der Waals surface area contributed by atoms with Crippen molar-refractivity contribution in [1.29, 1.82) is 0 Å². The molecule has 262 valence electrons. The van der Waals surface area contributed by atoms with E-state index in [9.17, 15) is 0 Å². The molecule has 0 aliphatic heterocycles. The van der Waals surface area contributed by atoms with Gasteiger partial charge in [-0.15, -0.1) is 0 Å². The summed E-state index contributed by atoms with van der Waals surface area (Å²) in [6.07, 6.45) is 3.75. The van der Waals surface area contributed by atoms with Crippen LogP contribution in [0.4, 0.5) is 0 Å².